The molecule has 5 rings (SSSR count). The number of amides is 1. The third-order valence-electron chi connectivity index (χ3n) is 9.45. The van der Waals surface area contributed by atoms with E-state index < -0.39 is 51.4 Å². The van der Waals surface area contributed by atoms with E-state index in [1.165, 1.54) is 22.5 Å². The standard InChI is InChI=1S/C31H41F3N4O4S/c1-42-24-11-6-20(7-12-24)28(19-4-8-21(32)9-5-19)30(35)31(39)37-27-15-14-26(33)29(34)25(27)13-10-23-17-36-22-3-2-16-43(40,41)38(23)18-22/h4-5,8-9,14-15,20,22-24,28,30,36H,2-3,6-7,10-13,16-18,35H2,1H3,(H,37,39)/t20-,22-,23+,24-,28+,30+/m1/s1. The number of rotatable bonds is 9. The van der Waals surface area contributed by atoms with E-state index in [9.17, 15) is 22.0 Å². The Morgan fingerprint density at radius 2 is 1.81 bits per heavy atom. The molecule has 2 aromatic carbocycles. The molecule has 2 aliphatic heterocycles. The zero-order chi connectivity index (χ0) is 30.7. The van der Waals surface area contributed by atoms with Crippen LogP contribution in [0, 0.1) is 23.4 Å². The number of nitrogens with one attached hydrogen (secondary N) is 2. The molecule has 0 radical (unpaired) electrons. The van der Waals surface area contributed by atoms with Crippen LogP contribution in [-0.2, 0) is 26.0 Å². The Morgan fingerprint density at radius 3 is 2.51 bits per heavy atom. The largest absolute Gasteiger partial charge is 0.381 e. The van der Waals surface area contributed by atoms with E-state index in [-0.39, 0.29) is 47.9 Å². The summed E-state index contributed by atoms with van der Waals surface area (Å²) in [6, 6.07) is 6.84. The van der Waals surface area contributed by atoms with Crippen molar-refractivity contribution in [3.05, 3.63) is 65.0 Å². The van der Waals surface area contributed by atoms with Crippen LogP contribution in [0.4, 0.5) is 18.9 Å². The Morgan fingerprint density at radius 1 is 1.09 bits per heavy atom. The maximum absolute atomic E-state index is 15.2. The van der Waals surface area contributed by atoms with E-state index in [1.54, 1.807) is 19.2 Å². The second kappa shape index (κ2) is 13.6. The SMILES string of the molecule is CO[C@H]1CC[C@H]([C@H](c2ccc(F)cc2)[C@H](N)C(=O)Nc2ccc(F)c(F)c2CC[C@H]2CN[C@@H]3CCCS(=O)(=O)N2C3)CC1. The molecule has 0 aromatic heterocycles. The topological polar surface area (TPSA) is 114 Å². The van der Waals surface area contributed by atoms with E-state index >= 15 is 4.39 Å². The Bertz CT molecular complexity index is 1390. The fourth-order valence-electron chi connectivity index (χ4n) is 7.03. The summed E-state index contributed by atoms with van der Waals surface area (Å²) < 4.78 is 76.1. The molecule has 1 aliphatic carbocycles. The van der Waals surface area contributed by atoms with Crippen LogP contribution in [0.1, 0.15) is 62.0 Å². The number of fused-ring (bicyclic) bond motifs is 2. The zero-order valence-electron chi connectivity index (χ0n) is 24.4. The summed E-state index contributed by atoms with van der Waals surface area (Å²) in [5.74, 6) is -3.42. The van der Waals surface area contributed by atoms with Crippen molar-refractivity contribution in [3.8, 4) is 0 Å². The lowest BCUT2D eigenvalue weighted by atomic mass is 9.72. The average molecular weight is 623 g/mol. The predicted molar refractivity (Wildman–Crippen MR) is 158 cm³/mol. The number of ether oxygens (including phenoxy) is 1. The molecule has 3 aliphatic rings. The van der Waals surface area contributed by atoms with Crippen molar-refractivity contribution in [1.29, 1.82) is 0 Å². The minimum Gasteiger partial charge on any atom is -0.381 e. The van der Waals surface area contributed by atoms with Gasteiger partial charge in [0.25, 0.3) is 0 Å². The summed E-state index contributed by atoms with van der Waals surface area (Å²) in [6.07, 6.45) is 4.90. The van der Waals surface area contributed by atoms with Crippen molar-refractivity contribution in [1.82, 2.24) is 9.62 Å². The minimum atomic E-state index is -3.45. The summed E-state index contributed by atoms with van der Waals surface area (Å²) in [5.41, 5.74) is 7.40. The molecule has 1 unspecified atom stereocenters. The second-order valence-electron chi connectivity index (χ2n) is 12.1. The van der Waals surface area contributed by atoms with Crippen LogP contribution < -0.4 is 16.4 Å². The number of carbonyl (C=O) groups is 1. The quantitative estimate of drug-likeness (QED) is 0.389. The van der Waals surface area contributed by atoms with Gasteiger partial charge >= 0.3 is 0 Å². The fraction of sp³-hybridized carbons (Fsp3) is 0.581. The van der Waals surface area contributed by atoms with Crippen molar-refractivity contribution in [2.75, 3.05) is 31.3 Å². The van der Waals surface area contributed by atoms with Gasteiger partial charge in [-0.15, -0.1) is 0 Å². The number of sulfonamides is 1. The highest BCUT2D eigenvalue weighted by Crippen LogP contribution is 2.39. The van der Waals surface area contributed by atoms with Gasteiger partial charge in [-0.3, -0.25) is 4.79 Å². The van der Waals surface area contributed by atoms with Crippen molar-refractivity contribution in [2.45, 2.75) is 81.5 Å². The Hall–Kier alpha value is -2.51. The van der Waals surface area contributed by atoms with Crippen LogP contribution in [0.2, 0.25) is 0 Å². The first-order chi connectivity index (χ1) is 20.6. The van der Waals surface area contributed by atoms with Gasteiger partial charge in [0.1, 0.15) is 5.82 Å². The summed E-state index contributed by atoms with van der Waals surface area (Å²) in [4.78, 5) is 13.6. The molecule has 5 atom stereocenters. The molecule has 0 spiro atoms. The Balaban J connectivity index is 1.35. The molecule has 1 saturated carbocycles. The summed E-state index contributed by atoms with van der Waals surface area (Å²) in [5, 5.41) is 6.12. The molecule has 12 heteroatoms. The van der Waals surface area contributed by atoms with Gasteiger partial charge in [0.05, 0.1) is 17.9 Å². The fourth-order valence-corrected chi connectivity index (χ4v) is 8.84. The number of hydrogen-bond donors (Lipinski definition) is 3. The van der Waals surface area contributed by atoms with E-state index in [1.807, 2.05) is 0 Å². The van der Waals surface area contributed by atoms with Crippen molar-refractivity contribution < 1.29 is 31.1 Å². The van der Waals surface area contributed by atoms with Gasteiger partial charge in [-0.1, -0.05) is 12.1 Å². The Kier molecular flexibility index (Phi) is 10.1. The first-order valence-electron chi connectivity index (χ1n) is 15.1. The maximum atomic E-state index is 15.2. The highest BCUT2D eigenvalue weighted by Gasteiger charge is 2.39. The van der Waals surface area contributed by atoms with Gasteiger partial charge in [0, 0.05) is 49.5 Å². The number of halogens is 3. The lowest BCUT2D eigenvalue weighted by Crippen LogP contribution is -2.57. The van der Waals surface area contributed by atoms with Crippen LogP contribution in [-0.4, -0.2) is 68.8 Å². The normalized spacial score (nSPS) is 28.4. The summed E-state index contributed by atoms with van der Waals surface area (Å²) in [7, 11) is -1.77. The first kappa shape index (κ1) is 31.9. The molecule has 2 heterocycles. The molecule has 1 amide bonds. The molecule has 2 bridgehead atoms. The maximum Gasteiger partial charge on any atom is 0.241 e. The van der Waals surface area contributed by atoms with Gasteiger partial charge in [-0.2, -0.15) is 4.31 Å². The number of nitrogens with zero attached hydrogens (tertiary/aromatic N) is 1. The van der Waals surface area contributed by atoms with Crippen LogP contribution in [0.25, 0.3) is 0 Å². The number of anilines is 1. The minimum absolute atomic E-state index is 0.0138. The third kappa shape index (κ3) is 7.25. The molecular weight excluding hydrogens is 581 g/mol. The van der Waals surface area contributed by atoms with Crippen molar-refractivity contribution in [2.24, 2.45) is 11.7 Å². The lowest BCUT2D eigenvalue weighted by molar-refractivity contribution is -0.118. The predicted octanol–water partition coefficient (Wildman–Crippen LogP) is 4.06. The highest BCUT2D eigenvalue weighted by molar-refractivity contribution is 7.89. The third-order valence-corrected chi connectivity index (χ3v) is 11.4. The van der Waals surface area contributed by atoms with Crippen LogP contribution in [0.15, 0.2) is 36.4 Å². The molecule has 43 heavy (non-hydrogen) atoms. The number of methoxy groups -OCH3 is 1. The summed E-state index contributed by atoms with van der Waals surface area (Å²) in [6.45, 7) is 0.770. The van der Waals surface area contributed by atoms with Gasteiger partial charge < -0.3 is 21.1 Å². The van der Waals surface area contributed by atoms with E-state index in [0.29, 0.717) is 19.5 Å². The highest BCUT2D eigenvalue weighted by atomic mass is 32.2. The van der Waals surface area contributed by atoms with Crippen molar-refractivity contribution >= 4 is 21.6 Å². The van der Waals surface area contributed by atoms with E-state index in [4.69, 9.17) is 10.5 Å². The molecule has 8 nitrogen and oxygen atoms in total. The molecule has 2 saturated heterocycles. The van der Waals surface area contributed by atoms with E-state index in [2.05, 4.69) is 10.6 Å². The second-order valence-corrected chi connectivity index (χ2v) is 14.1. The number of benzene rings is 2. The van der Waals surface area contributed by atoms with Crippen molar-refractivity contribution in [3.63, 3.8) is 0 Å². The van der Waals surface area contributed by atoms with Crippen LogP contribution >= 0.6 is 0 Å². The van der Waals surface area contributed by atoms with Crippen LogP contribution in [0.3, 0.4) is 0 Å². The monoisotopic (exact) mass is 622 g/mol. The lowest BCUT2D eigenvalue weighted by Gasteiger charge is -2.37. The molecule has 3 fully saturated rings. The smallest absolute Gasteiger partial charge is 0.241 e. The first-order valence-corrected chi connectivity index (χ1v) is 16.7. The van der Waals surface area contributed by atoms with E-state index in [0.717, 1.165) is 43.7 Å². The Labute approximate surface area is 251 Å². The van der Waals surface area contributed by atoms with Crippen LogP contribution in [0.5, 0.6) is 0 Å². The van der Waals surface area contributed by atoms with Gasteiger partial charge in [-0.05, 0) is 87.1 Å². The number of nitrogens with two attached hydrogens (primary N) is 1. The molecular formula is C31H41F3N4O4S. The molecule has 236 valence electrons. The van der Waals surface area contributed by atoms with Gasteiger partial charge in [0.15, 0.2) is 11.6 Å². The number of carbonyl (C=O) groups excluding carboxylic acids is 1. The zero-order valence-corrected chi connectivity index (χ0v) is 25.2. The molecule has 4 N–H and O–H groups in total. The van der Waals surface area contributed by atoms with Gasteiger partial charge in [-0.25, -0.2) is 21.6 Å². The van der Waals surface area contributed by atoms with Gasteiger partial charge in [0.2, 0.25) is 15.9 Å². The average Bonchev–Trinajstić information content (AvgIpc) is 3.11. The number of piperazine rings is 1. The number of hydrogen-bond acceptors (Lipinski definition) is 6. The summed E-state index contributed by atoms with van der Waals surface area (Å²) >= 11 is 0. The molecule has 2 aromatic rings.